The molecule has 2 heterocycles. The lowest BCUT2D eigenvalue weighted by atomic mass is 10.0. The first kappa shape index (κ1) is 17.7. The van der Waals surface area contributed by atoms with Crippen molar-refractivity contribution in [2.24, 2.45) is 0 Å². The Hall–Kier alpha value is -2.72. The minimum atomic E-state index is 0.850. The van der Waals surface area contributed by atoms with E-state index in [1.54, 1.807) is 0 Å². The highest BCUT2D eigenvalue weighted by atomic mass is 15.2. The molecule has 0 saturated carbocycles. The maximum atomic E-state index is 4.81. The zero-order valence-electron chi connectivity index (χ0n) is 16.1. The Bertz CT molecular complexity index is 893. The van der Waals surface area contributed by atoms with Crippen LogP contribution in [-0.2, 0) is 26.1 Å². The SMILES string of the molecule is Cc1nc2c(c(N(C)Cc3ccccc3)n1)CN(Cc1ccccc1)CC2. The summed E-state index contributed by atoms with van der Waals surface area (Å²) in [5, 5.41) is 0. The molecule has 1 aliphatic rings. The molecule has 0 saturated heterocycles. The molecule has 3 aromatic rings. The van der Waals surface area contributed by atoms with Crippen molar-refractivity contribution in [2.75, 3.05) is 18.5 Å². The summed E-state index contributed by atoms with van der Waals surface area (Å²) in [6.07, 6.45) is 0.984. The van der Waals surface area contributed by atoms with E-state index in [1.165, 1.54) is 22.4 Å². The summed E-state index contributed by atoms with van der Waals surface area (Å²) in [5.41, 5.74) is 5.14. The Labute approximate surface area is 161 Å². The highest BCUT2D eigenvalue weighted by molar-refractivity contribution is 5.50. The second kappa shape index (κ2) is 7.89. The monoisotopic (exact) mass is 358 g/mol. The van der Waals surface area contributed by atoms with Crippen LogP contribution >= 0.6 is 0 Å². The Kier molecular flexibility index (Phi) is 5.16. The number of rotatable bonds is 5. The van der Waals surface area contributed by atoms with Gasteiger partial charge in [-0.25, -0.2) is 9.97 Å². The summed E-state index contributed by atoms with van der Waals surface area (Å²) in [5.74, 6) is 1.93. The molecule has 138 valence electrons. The number of nitrogens with zero attached hydrogens (tertiary/aromatic N) is 4. The molecular formula is C23H26N4. The number of aromatic nitrogens is 2. The van der Waals surface area contributed by atoms with E-state index in [-0.39, 0.29) is 0 Å². The van der Waals surface area contributed by atoms with E-state index < -0.39 is 0 Å². The maximum absolute atomic E-state index is 4.81. The van der Waals surface area contributed by atoms with Gasteiger partial charge < -0.3 is 4.90 Å². The van der Waals surface area contributed by atoms with Gasteiger partial charge in [0.25, 0.3) is 0 Å². The fraction of sp³-hybridized carbons (Fsp3) is 0.304. The Balaban J connectivity index is 1.58. The van der Waals surface area contributed by atoms with Crippen molar-refractivity contribution in [3.8, 4) is 0 Å². The van der Waals surface area contributed by atoms with Crippen molar-refractivity contribution in [3.05, 3.63) is 88.9 Å². The minimum absolute atomic E-state index is 0.850. The van der Waals surface area contributed by atoms with Crippen molar-refractivity contribution in [3.63, 3.8) is 0 Å². The summed E-state index contributed by atoms with van der Waals surface area (Å²) < 4.78 is 0. The number of benzene rings is 2. The van der Waals surface area contributed by atoms with Gasteiger partial charge in [-0.2, -0.15) is 0 Å². The molecule has 0 bridgehead atoms. The van der Waals surface area contributed by atoms with Crippen LogP contribution in [0.2, 0.25) is 0 Å². The molecule has 1 aliphatic heterocycles. The highest BCUT2D eigenvalue weighted by Gasteiger charge is 2.23. The van der Waals surface area contributed by atoms with Crippen LogP contribution < -0.4 is 4.90 Å². The van der Waals surface area contributed by atoms with Crippen molar-refractivity contribution >= 4 is 5.82 Å². The summed E-state index contributed by atoms with van der Waals surface area (Å²) in [6, 6.07) is 21.3. The molecule has 4 nitrogen and oxygen atoms in total. The molecule has 0 spiro atoms. The van der Waals surface area contributed by atoms with E-state index in [4.69, 9.17) is 9.97 Å². The van der Waals surface area contributed by atoms with Crippen LogP contribution in [0.4, 0.5) is 5.82 Å². The normalized spacial score (nSPS) is 14.0. The van der Waals surface area contributed by atoms with Crippen molar-refractivity contribution in [2.45, 2.75) is 33.0 Å². The first-order valence-corrected chi connectivity index (χ1v) is 9.57. The lowest BCUT2D eigenvalue weighted by molar-refractivity contribution is 0.243. The molecule has 4 heteroatoms. The fourth-order valence-corrected chi connectivity index (χ4v) is 3.80. The topological polar surface area (TPSA) is 32.3 Å². The van der Waals surface area contributed by atoms with E-state index in [1.807, 2.05) is 6.92 Å². The predicted molar refractivity (Wildman–Crippen MR) is 110 cm³/mol. The molecule has 4 rings (SSSR count). The van der Waals surface area contributed by atoms with E-state index in [0.717, 1.165) is 44.2 Å². The summed E-state index contributed by atoms with van der Waals surface area (Å²) in [6.45, 7) is 5.76. The third-order valence-corrected chi connectivity index (χ3v) is 5.10. The first-order valence-electron chi connectivity index (χ1n) is 9.57. The summed E-state index contributed by atoms with van der Waals surface area (Å²) >= 11 is 0. The van der Waals surface area contributed by atoms with Crippen molar-refractivity contribution in [1.82, 2.24) is 14.9 Å². The standard InChI is InChI=1S/C23H26N4/c1-18-24-22-13-14-27(16-20-11-7-4-8-12-20)17-21(22)23(25-18)26(2)15-19-9-5-3-6-10-19/h3-12H,13-17H2,1-2H3. The maximum Gasteiger partial charge on any atom is 0.137 e. The van der Waals surface area contributed by atoms with E-state index >= 15 is 0 Å². The summed E-state index contributed by atoms with van der Waals surface area (Å²) in [4.78, 5) is 14.3. The minimum Gasteiger partial charge on any atom is -0.355 e. The van der Waals surface area contributed by atoms with Crippen LogP contribution in [0.5, 0.6) is 0 Å². The van der Waals surface area contributed by atoms with Crippen LogP contribution in [0.15, 0.2) is 60.7 Å². The molecule has 0 radical (unpaired) electrons. The first-order chi connectivity index (χ1) is 13.2. The van der Waals surface area contributed by atoms with E-state index in [2.05, 4.69) is 77.5 Å². The van der Waals surface area contributed by atoms with Gasteiger partial charge in [0.1, 0.15) is 11.6 Å². The second-order valence-electron chi connectivity index (χ2n) is 7.31. The molecule has 2 aromatic carbocycles. The zero-order chi connectivity index (χ0) is 18.6. The molecule has 0 atom stereocenters. The smallest absolute Gasteiger partial charge is 0.137 e. The lowest BCUT2D eigenvalue weighted by Gasteiger charge is -2.31. The average molecular weight is 358 g/mol. The van der Waals surface area contributed by atoms with Gasteiger partial charge in [-0.05, 0) is 18.1 Å². The second-order valence-corrected chi connectivity index (χ2v) is 7.31. The number of hydrogen-bond donors (Lipinski definition) is 0. The Morgan fingerprint density at radius 3 is 2.30 bits per heavy atom. The molecule has 0 unspecified atom stereocenters. The van der Waals surface area contributed by atoms with Gasteiger partial charge in [0, 0.05) is 45.2 Å². The van der Waals surface area contributed by atoms with Crippen molar-refractivity contribution < 1.29 is 0 Å². The van der Waals surface area contributed by atoms with Gasteiger partial charge in [0.2, 0.25) is 0 Å². The lowest BCUT2D eigenvalue weighted by Crippen LogP contribution is -2.33. The van der Waals surface area contributed by atoms with Crippen molar-refractivity contribution in [1.29, 1.82) is 0 Å². The number of hydrogen-bond acceptors (Lipinski definition) is 4. The van der Waals surface area contributed by atoms with Crippen LogP contribution in [0, 0.1) is 6.92 Å². The van der Waals surface area contributed by atoms with E-state index in [0.29, 0.717) is 0 Å². The third-order valence-electron chi connectivity index (χ3n) is 5.10. The van der Waals surface area contributed by atoms with Crippen LogP contribution in [0.1, 0.15) is 28.2 Å². The van der Waals surface area contributed by atoms with E-state index in [9.17, 15) is 0 Å². The van der Waals surface area contributed by atoms with Gasteiger partial charge in [-0.3, -0.25) is 4.90 Å². The molecule has 0 fully saturated rings. The average Bonchev–Trinajstić information content (AvgIpc) is 2.69. The molecule has 0 aliphatic carbocycles. The fourth-order valence-electron chi connectivity index (χ4n) is 3.80. The molecular weight excluding hydrogens is 332 g/mol. The predicted octanol–water partition coefficient (Wildman–Crippen LogP) is 3.98. The molecule has 1 aromatic heterocycles. The van der Waals surface area contributed by atoms with Gasteiger partial charge in [0.15, 0.2) is 0 Å². The Morgan fingerprint density at radius 2 is 1.59 bits per heavy atom. The molecule has 0 amide bonds. The van der Waals surface area contributed by atoms with Crippen LogP contribution in [-0.4, -0.2) is 28.5 Å². The Morgan fingerprint density at radius 1 is 0.926 bits per heavy atom. The number of aryl methyl sites for hydroxylation is 1. The number of fused-ring (bicyclic) bond motifs is 1. The highest BCUT2D eigenvalue weighted by Crippen LogP contribution is 2.27. The van der Waals surface area contributed by atoms with Gasteiger partial charge in [-0.15, -0.1) is 0 Å². The molecule has 0 N–H and O–H groups in total. The largest absolute Gasteiger partial charge is 0.355 e. The zero-order valence-corrected chi connectivity index (χ0v) is 16.1. The molecule has 27 heavy (non-hydrogen) atoms. The van der Waals surface area contributed by atoms with Crippen LogP contribution in [0.3, 0.4) is 0 Å². The quantitative estimate of drug-likeness (QED) is 0.691. The number of anilines is 1. The van der Waals surface area contributed by atoms with Gasteiger partial charge in [0.05, 0.1) is 5.69 Å². The van der Waals surface area contributed by atoms with Gasteiger partial charge in [-0.1, -0.05) is 60.7 Å². The van der Waals surface area contributed by atoms with Crippen LogP contribution in [0.25, 0.3) is 0 Å². The van der Waals surface area contributed by atoms with Gasteiger partial charge >= 0.3 is 0 Å². The third kappa shape index (κ3) is 4.17. The summed E-state index contributed by atoms with van der Waals surface area (Å²) in [7, 11) is 2.13.